The largest absolute Gasteiger partial charge is 0.437 e. The van der Waals surface area contributed by atoms with E-state index in [9.17, 15) is 15.0 Å². The second-order valence-electron chi connectivity index (χ2n) is 7.18. The zero-order valence-electron chi connectivity index (χ0n) is 15.7. The van der Waals surface area contributed by atoms with E-state index in [-0.39, 0.29) is 19.3 Å². The lowest BCUT2D eigenvalue weighted by Crippen LogP contribution is -2.39. The van der Waals surface area contributed by atoms with E-state index in [4.69, 9.17) is 20.9 Å². The molecule has 0 amide bonds. The quantitative estimate of drug-likeness (QED) is 0.189. The first-order valence-electron chi connectivity index (χ1n) is 9.00. The highest BCUT2D eigenvalue weighted by molar-refractivity contribution is 5.87. The van der Waals surface area contributed by atoms with Crippen molar-refractivity contribution in [1.82, 2.24) is 20.3 Å². The molecular formula is C17H26N6O5. The lowest BCUT2D eigenvalue weighted by atomic mass is 10.0. The van der Waals surface area contributed by atoms with Crippen LogP contribution in [0.2, 0.25) is 0 Å². The highest BCUT2D eigenvalue weighted by Gasteiger charge is 2.43. The number of aliphatic hydroxyl groups excluding tert-OH is 2. The maximum atomic E-state index is 11.7. The van der Waals surface area contributed by atoms with E-state index in [1.54, 1.807) is 6.20 Å². The van der Waals surface area contributed by atoms with Gasteiger partial charge in [-0.2, -0.15) is 0 Å². The summed E-state index contributed by atoms with van der Waals surface area (Å²) >= 11 is 0. The van der Waals surface area contributed by atoms with Crippen molar-refractivity contribution in [2.75, 3.05) is 19.1 Å². The van der Waals surface area contributed by atoms with Gasteiger partial charge in [0.1, 0.15) is 24.0 Å². The van der Waals surface area contributed by atoms with Crippen LogP contribution in [-0.2, 0) is 14.3 Å². The van der Waals surface area contributed by atoms with E-state index in [0.717, 1.165) is 0 Å². The number of rotatable bonds is 7. The Morgan fingerprint density at radius 2 is 2.07 bits per heavy atom. The molecule has 3 heterocycles. The van der Waals surface area contributed by atoms with Crippen molar-refractivity contribution in [2.45, 2.75) is 44.2 Å². The molecule has 11 nitrogen and oxygen atoms in total. The van der Waals surface area contributed by atoms with Gasteiger partial charge in [-0.3, -0.25) is 4.79 Å². The molecule has 5 unspecified atom stereocenters. The molecule has 0 aliphatic carbocycles. The maximum Gasteiger partial charge on any atom is 0.325 e. The lowest BCUT2D eigenvalue weighted by molar-refractivity contribution is -0.160. The third-order valence-electron chi connectivity index (χ3n) is 4.93. The Bertz CT molecular complexity index is 827. The number of fused-ring (bicyclic) bond motifs is 1. The van der Waals surface area contributed by atoms with Gasteiger partial charge in [-0.15, -0.1) is 0 Å². The number of hydrogen-bond donors (Lipinski definition) is 6. The number of aromatic amines is 1. The number of H-pyrrole nitrogens is 1. The Labute approximate surface area is 161 Å². The van der Waals surface area contributed by atoms with Crippen LogP contribution in [0.5, 0.6) is 0 Å². The zero-order valence-corrected chi connectivity index (χ0v) is 15.7. The fourth-order valence-corrected chi connectivity index (χ4v) is 3.14. The highest BCUT2D eigenvalue weighted by atomic mass is 16.7. The summed E-state index contributed by atoms with van der Waals surface area (Å²) in [6.45, 7) is 3.37. The van der Waals surface area contributed by atoms with Crippen molar-refractivity contribution in [1.29, 1.82) is 0 Å². The van der Waals surface area contributed by atoms with Gasteiger partial charge in [0, 0.05) is 11.8 Å². The van der Waals surface area contributed by atoms with Crippen LogP contribution >= 0.6 is 0 Å². The van der Waals surface area contributed by atoms with Gasteiger partial charge in [-0.05, 0) is 5.92 Å². The predicted octanol–water partition coefficient (Wildman–Crippen LogP) is -1.22. The first kappa shape index (κ1) is 20.4. The molecule has 1 aliphatic rings. The minimum Gasteiger partial charge on any atom is -0.437 e. The van der Waals surface area contributed by atoms with E-state index in [0.29, 0.717) is 22.4 Å². The number of carbonyl (C=O) groups is 1. The summed E-state index contributed by atoms with van der Waals surface area (Å²) in [7, 11) is 0. The molecule has 8 N–H and O–H groups in total. The molecule has 11 heteroatoms. The van der Waals surface area contributed by atoms with Crippen LogP contribution in [0.1, 0.15) is 25.5 Å². The molecule has 1 saturated heterocycles. The average molecular weight is 394 g/mol. The molecule has 5 atom stereocenters. The summed E-state index contributed by atoms with van der Waals surface area (Å²) < 4.78 is 10.3. The number of anilines is 1. The van der Waals surface area contributed by atoms with Crippen molar-refractivity contribution in [2.24, 2.45) is 11.7 Å². The fraction of sp³-hybridized carbons (Fsp3) is 0.588. The van der Waals surface area contributed by atoms with Gasteiger partial charge in [0.05, 0.1) is 30.3 Å². The first-order chi connectivity index (χ1) is 13.3. The van der Waals surface area contributed by atoms with Crippen LogP contribution in [0.3, 0.4) is 0 Å². The second kappa shape index (κ2) is 8.37. The molecule has 0 spiro atoms. The fourth-order valence-electron chi connectivity index (χ4n) is 3.14. The molecule has 2 aromatic heterocycles. The Morgan fingerprint density at radius 1 is 1.32 bits per heavy atom. The van der Waals surface area contributed by atoms with Crippen LogP contribution in [0.25, 0.3) is 11.0 Å². The molecule has 0 saturated carbocycles. The molecule has 28 heavy (non-hydrogen) atoms. The van der Waals surface area contributed by atoms with Crippen LogP contribution in [-0.4, -0.2) is 68.8 Å². The molecule has 0 bridgehead atoms. The molecule has 1 aliphatic heterocycles. The van der Waals surface area contributed by atoms with Crippen molar-refractivity contribution in [3.05, 3.63) is 18.1 Å². The molecule has 0 aromatic carbocycles. The molecular weight excluding hydrogens is 368 g/mol. The van der Waals surface area contributed by atoms with E-state index in [1.165, 1.54) is 6.33 Å². The van der Waals surface area contributed by atoms with Crippen LogP contribution < -0.4 is 16.8 Å². The summed E-state index contributed by atoms with van der Waals surface area (Å²) in [5, 5.41) is 23.9. The number of ether oxygens (including phenoxy) is 2. The first-order valence-corrected chi connectivity index (χ1v) is 9.00. The third kappa shape index (κ3) is 3.93. The molecule has 3 rings (SSSR count). The van der Waals surface area contributed by atoms with Gasteiger partial charge in [0.2, 0.25) is 0 Å². The molecule has 2 aromatic rings. The van der Waals surface area contributed by atoms with Gasteiger partial charge >= 0.3 is 5.97 Å². The van der Waals surface area contributed by atoms with Crippen LogP contribution in [0.4, 0.5) is 5.82 Å². The van der Waals surface area contributed by atoms with Crippen molar-refractivity contribution >= 4 is 22.8 Å². The number of hydrogen-bond acceptors (Lipinski definition) is 10. The molecule has 1 fully saturated rings. The zero-order chi connectivity index (χ0) is 20.4. The number of nitrogens with zero attached hydrogens (tertiary/aromatic N) is 2. The van der Waals surface area contributed by atoms with Gasteiger partial charge in [0.25, 0.3) is 0 Å². The second-order valence-corrected chi connectivity index (χ2v) is 7.18. The van der Waals surface area contributed by atoms with E-state index in [2.05, 4.69) is 20.3 Å². The highest BCUT2D eigenvalue weighted by Crippen LogP contribution is 2.32. The van der Waals surface area contributed by atoms with Crippen LogP contribution in [0.15, 0.2) is 12.5 Å². The number of aliphatic hydroxyl groups is 2. The normalized spacial score (nSPS) is 26.1. The number of carbonyl (C=O) groups excluding carboxylic acids is 1. The van der Waals surface area contributed by atoms with Gasteiger partial charge < -0.3 is 41.5 Å². The van der Waals surface area contributed by atoms with E-state index >= 15 is 0 Å². The van der Waals surface area contributed by atoms with Gasteiger partial charge in [-0.25, -0.2) is 9.97 Å². The predicted molar refractivity (Wildman–Crippen MR) is 99.7 cm³/mol. The number of nitrogens with two attached hydrogens (primary N) is 2. The lowest BCUT2D eigenvalue weighted by Gasteiger charge is -2.17. The number of aromatic nitrogens is 3. The summed E-state index contributed by atoms with van der Waals surface area (Å²) in [5.41, 5.74) is 13.3. The van der Waals surface area contributed by atoms with Gasteiger partial charge in [-0.1, -0.05) is 13.8 Å². The average Bonchev–Trinajstić information content (AvgIpc) is 3.21. The van der Waals surface area contributed by atoms with E-state index in [1.807, 2.05) is 13.8 Å². The molecule has 154 valence electrons. The smallest absolute Gasteiger partial charge is 0.325 e. The van der Waals surface area contributed by atoms with E-state index < -0.39 is 36.3 Å². The summed E-state index contributed by atoms with van der Waals surface area (Å²) in [5.74, 6) is -0.301. The minimum atomic E-state index is -1.08. The van der Waals surface area contributed by atoms with Crippen molar-refractivity contribution in [3.63, 3.8) is 0 Å². The number of nitrogen functional groups attached to an aromatic ring is 1. The Hall–Kier alpha value is -2.31. The van der Waals surface area contributed by atoms with Crippen LogP contribution in [0, 0.1) is 5.92 Å². The molecule has 0 radical (unpaired) electrons. The number of esters is 1. The third-order valence-corrected chi connectivity index (χ3v) is 4.93. The van der Waals surface area contributed by atoms with Crippen molar-refractivity contribution < 1.29 is 24.5 Å². The summed E-state index contributed by atoms with van der Waals surface area (Å²) in [6, 6.07) is -1.87. The number of nitrogens with one attached hydrogen (secondary N) is 2. The summed E-state index contributed by atoms with van der Waals surface area (Å²) in [4.78, 5) is 22.8. The monoisotopic (exact) mass is 394 g/mol. The summed E-state index contributed by atoms with van der Waals surface area (Å²) in [6.07, 6.45) is 0.842. The minimum absolute atomic E-state index is 0.0262. The standard InChI is InChI=1S/C17H26N6O5/c1-7(2)10(18)17(26)28-6-27-4-9-14(24)15(25)12(23-9)8-3-20-13-11(8)21-5-22-16(13)19/h3,5,7,9-10,12,14-15,20,23-25H,4,6,18H2,1-2H3,(H2,19,21,22). The topological polar surface area (TPSA) is 182 Å². The van der Waals surface area contributed by atoms with Crippen molar-refractivity contribution in [3.8, 4) is 0 Å². The Balaban J connectivity index is 1.58. The SMILES string of the molecule is CC(C)C(N)C(=O)OCOCC1NC(c2c[nH]c3c(N)ncnc23)C(O)C1O. The Morgan fingerprint density at radius 3 is 2.79 bits per heavy atom. The van der Waals surface area contributed by atoms with Gasteiger partial charge in [0.15, 0.2) is 12.6 Å². The maximum absolute atomic E-state index is 11.7. The Kier molecular flexibility index (Phi) is 6.10.